The lowest BCUT2D eigenvalue weighted by atomic mass is 9.94. The molecule has 1 aliphatic rings. The van der Waals surface area contributed by atoms with E-state index in [9.17, 15) is 9.59 Å². The van der Waals surface area contributed by atoms with Gasteiger partial charge in [-0.2, -0.15) is 0 Å². The Morgan fingerprint density at radius 3 is 2.28 bits per heavy atom. The van der Waals surface area contributed by atoms with Crippen molar-refractivity contribution in [3.63, 3.8) is 0 Å². The highest BCUT2D eigenvalue weighted by Gasteiger charge is 2.33. The predicted molar refractivity (Wildman–Crippen MR) is 115 cm³/mol. The SMILES string of the molecule is Cc1cc(C(N)=O)cc(C)c1C[C@H](N)CNC(=O)NC(c1ccccc1)C1CC1. The number of carbonyl (C=O) groups is 2. The Morgan fingerprint density at radius 1 is 1.10 bits per heavy atom. The van der Waals surface area contributed by atoms with E-state index in [4.69, 9.17) is 11.5 Å². The van der Waals surface area contributed by atoms with Crippen LogP contribution in [0.15, 0.2) is 42.5 Å². The summed E-state index contributed by atoms with van der Waals surface area (Å²) in [5.41, 5.74) is 16.3. The second-order valence-corrected chi connectivity index (χ2v) is 8.00. The number of hydrogen-bond acceptors (Lipinski definition) is 3. The van der Waals surface area contributed by atoms with Crippen LogP contribution in [0.1, 0.15) is 51.5 Å². The van der Waals surface area contributed by atoms with E-state index < -0.39 is 5.91 Å². The van der Waals surface area contributed by atoms with Gasteiger partial charge in [0.1, 0.15) is 0 Å². The molecule has 2 atom stereocenters. The molecule has 0 spiro atoms. The minimum Gasteiger partial charge on any atom is -0.366 e. The molecule has 0 aliphatic heterocycles. The molecule has 1 saturated carbocycles. The minimum absolute atomic E-state index is 0.0401. The average molecular weight is 395 g/mol. The lowest BCUT2D eigenvalue weighted by molar-refractivity contribution is 0.1000. The molecule has 6 heteroatoms. The number of nitrogens with one attached hydrogen (secondary N) is 2. The molecule has 0 aromatic heterocycles. The van der Waals surface area contributed by atoms with Crippen molar-refractivity contribution in [2.24, 2.45) is 17.4 Å². The van der Waals surface area contributed by atoms with Crippen molar-refractivity contribution >= 4 is 11.9 Å². The van der Waals surface area contributed by atoms with Gasteiger partial charge >= 0.3 is 6.03 Å². The van der Waals surface area contributed by atoms with E-state index in [2.05, 4.69) is 22.8 Å². The van der Waals surface area contributed by atoms with Crippen molar-refractivity contribution in [2.75, 3.05) is 6.54 Å². The van der Waals surface area contributed by atoms with Crippen LogP contribution in [0.5, 0.6) is 0 Å². The fourth-order valence-electron chi connectivity index (χ4n) is 3.77. The van der Waals surface area contributed by atoms with Crippen LogP contribution in [0.2, 0.25) is 0 Å². The van der Waals surface area contributed by atoms with Crippen LogP contribution in [0, 0.1) is 19.8 Å². The van der Waals surface area contributed by atoms with E-state index >= 15 is 0 Å². The number of carbonyl (C=O) groups excluding carboxylic acids is 2. The summed E-state index contributed by atoms with van der Waals surface area (Å²) in [6.07, 6.45) is 2.89. The topological polar surface area (TPSA) is 110 Å². The van der Waals surface area contributed by atoms with Crippen molar-refractivity contribution < 1.29 is 9.59 Å². The number of aryl methyl sites for hydroxylation is 2. The summed E-state index contributed by atoms with van der Waals surface area (Å²) in [4.78, 5) is 23.8. The summed E-state index contributed by atoms with van der Waals surface area (Å²) >= 11 is 0. The number of benzene rings is 2. The lowest BCUT2D eigenvalue weighted by Crippen LogP contribution is -2.44. The van der Waals surface area contributed by atoms with Crippen molar-refractivity contribution in [3.8, 4) is 0 Å². The van der Waals surface area contributed by atoms with Gasteiger partial charge in [-0.3, -0.25) is 4.79 Å². The molecule has 1 unspecified atom stereocenters. The first-order valence-corrected chi connectivity index (χ1v) is 10.1. The van der Waals surface area contributed by atoms with Gasteiger partial charge in [-0.1, -0.05) is 30.3 Å². The molecule has 3 rings (SSSR count). The monoisotopic (exact) mass is 394 g/mol. The molecule has 6 nitrogen and oxygen atoms in total. The zero-order valence-corrected chi connectivity index (χ0v) is 17.1. The summed E-state index contributed by atoms with van der Waals surface area (Å²) in [7, 11) is 0. The quantitative estimate of drug-likeness (QED) is 0.552. The number of primary amides is 1. The summed E-state index contributed by atoms with van der Waals surface area (Å²) in [6, 6.07) is 13.3. The van der Waals surface area contributed by atoms with Gasteiger partial charge in [0.15, 0.2) is 0 Å². The predicted octanol–water partition coefficient (Wildman–Crippen LogP) is 2.72. The number of hydrogen-bond donors (Lipinski definition) is 4. The van der Waals surface area contributed by atoms with Gasteiger partial charge in [0, 0.05) is 18.2 Å². The molecule has 29 heavy (non-hydrogen) atoms. The van der Waals surface area contributed by atoms with Gasteiger partial charge in [0.05, 0.1) is 6.04 Å². The highest BCUT2D eigenvalue weighted by atomic mass is 16.2. The Labute approximate surface area is 172 Å². The van der Waals surface area contributed by atoms with E-state index in [1.807, 2.05) is 32.0 Å². The number of rotatable bonds is 8. The van der Waals surface area contributed by atoms with Gasteiger partial charge in [0.25, 0.3) is 0 Å². The normalized spacial score (nSPS) is 15.4. The van der Waals surface area contributed by atoms with E-state index in [-0.39, 0.29) is 18.1 Å². The molecule has 0 saturated heterocycles. The molecule has 2 aromatic rings. The third-order valence-electron chi connectivity index (χ3n) is 5.51. The van der Waals surface area contributed by atoms with Crippen molar-refractivity contribution in [1.82, 2.24) is 10.6 Å². The number of nitrogens with two attached hydrogens (primary N) is 2. The fourth-order valence-corrected chi connectivity index (χ4v) is 3.77. The number of urea groups is 1. The average Bonchev–Trinajstić information content (AvgIpc) is 3.53. The Morgan fingerprint density at radius 2 is 1.72 bits per heavy atom. The molecule has 2 aromatic carbocycles. The molecule has 154 valence electrons. The van der Waals surface area contributed by atoms with E-state index in [0.29, 0.717) is 24.4 Å². The fraction of sp³-hybridized carbons (Fsp3) is 0.391. The summed E-state index contributed by atoms with van der Waals surface area (Å²) < 4.78 is 0. The molecule has 1 fully saturated rings. The number of amides is 3. The van der Waals surface area contributed by atoms with Crippen LogP contribution in [0.3, 0.4) is 0 Å². The first kappa shape index (κ1) is 20.9. The van der Waals surface area contributed by atoms with Crippen LogP contribution in [0.25, 0.3) is 0 Å². The summed E-state index contributed by atoms with van der Waals surface area (Å²) in [6.45, 7) is 4.26. The second-order valence-electron chi connectivity index (χ2n) is 8.00. The van der Waals surface area contributed by atoms with E-state index in [0.717, 1.165) is 35.1 Å². The Kier molecular flexibility index (Phi) is 6.54. The molecule has 0 heterocycles. The van der Waals surface area contributed by atoms with Gasteiger partial charge < -0.3 is 22.1 Å². The van der Waals surface area contributed by atoms with Crippen LogP contribution in [0.4, 0.5) is 4.79 Å². The maximum Gasteiger partial charge on any atom is 0.315 e. The molecule has 0 bridgehead atoms. The van der Waals surface area contributed by atoms with Crippen molar-refractivity contribution in [2.45, 2.75) is 45.2 Å². The minimum atomic E-state index is -0.436. The highest BCUT2D eigenvalue weighted by molar-refractivity contribution is 5.93. The smallest absolute Gasteiger partial charge is 0.315 e. The third-order valence-corrected chi connectivity index (χ3v) is 5.51. The largest absolute Gasteiger partial charge is 0.366 e. The molecular weight excluding hydrogens is 364 g/mol. The van der Waals surface area contributed by atoms with E-state index in [1.165, 1.54) is 0 Å². The second kappa shape index (κ2) is 9.09. The first-order chi connectivity index (χ1) is 13.8. The Bertz CT molecular complexity index is 855. The van der Waals surface area contributed by atoms with Gasteiger partial charge in [-0.05, 0) is 73.4 Å². The lowest BCUT2D eigenvalue weighted by Gasteiger charge is -2.21. The van der Waals surface area contributed by atoms with Crippen LogP contribution in [-0.4, -0.2) is 24.5 Å². The summed E-state index contributed by atoms with van der Waals surface area (Å²) in [5.74, 6) is 0.0694. The van der Waals surface area contributed by atoms with Crippen LogP contribution < -0.4 is 22.1 Å². The molecule has 3 amide bonds. The Balaban J connectivity index is 1.54. The van der Waals surface area contributed by atoms with Gasteiger partial charge in [-0.25, -0.2) is 4.79 Å². The van der Waals surface area contributed by atoms with Gasteiger partial charge in [0.2, 0.25) is 5.91 Å². The summed E-state index contributed by atoms with van der Waals surface area (Å²) in [5, 5.41) is 6.01. The standard InChI is InChI=1S/C23H30N4O2/c1-14-10-18(22(25)28)11-15(2)20(14)12-19(24)13-26-23(29)27-21(17-8-9-17)16-6-4-3-5-7-16/h3-7,10-11,17,19,21H,8-9,12-13,24H2,1-2H3,(H2,25,28)(H2,26,27,29)/t19-,21?/m0/s1. The first-order valence-electron chi connectivity index (χ1n) is 10.1. The zero-order chi connectivity index (χ0) is 21.0. The Hall–Kier alpha value is -2.86. The molecule has 1 aliphatic carbocycles. The van der Waals surface area contributed by atoms with Crippen molar-refractivity contribution in [1.29, 1.82) is 0 Å². The van der Waals surface area contributed by atoms with Crippen LogP contribution >= 0.6 is 0 Å². The maximum absolute atomic E-state index is 12.4. The van der Waals surface area contributed by atoms with Crippen molar-refractivity contribution in [3.05, 3.63) is 70.3 Å². The van der Waals surface area contributed by atoms with Crippen LogP contribution in [-0.2, 0) is 6.42 Å². The highest BCUT2D eigenvalue weighted by Crippen LogP contribution is 2.40. The zero-order valence-electron chi connectivity index (χ0n) is 17.1. The molecule has 0 radical (unpaired) electrons. The van der Waals surface area contributed by atoms with E-state index in [1.54, 1.807) is 12.1 Å². The van der Waals surface area contributed by atoms with Gasteiger partial charge in [-0.15, -0.1) is 0 Å². The molecular formula is C23H30N4O2. The molecule has 6 N–H and O–H groups in total. The third kappa shape index (κ3) is 5.57. The maximum atomic E-state index is 12.4.